The fraction of sp³-hybridized carbons (Fsp3) is 0.323. The normalized spacial score (nSPS) is 17.0. The fourth-order valence-electron chi connectivity index (χ4n) is 5.66. The van der Waals surface area contributed by atoms with Gasteiger partial charge in [-0.05, 0) is 55.4 Å². The summed E-state index contributed by atoms with van der Waals surface area (Å²) >= 11 is 0. The van der Waals surface area contributed by atoms with Crippen LogP contribution in [0.1, 0.15) is 42.0 Å². The summed E-state index contributed by atoms with van der Waals surface area (Å²) in [6.07, 6.45) is 6.59. The van der Waals surface area contributed by atoms with Gasteiger partial charge in [0.25, 0.3) is 6.33 Å². The minimum Gasteiger partial charge on any atom is -0.744 e. The zero-order valence-corrected chi connectivity index (χ0v) is 24.1. The van der Waals surface area contributed by atoms with Crippen LogP contribution in [0, 0.1) is 12.8 Å². The zero-order valence-electron chi connectivity index (χ0n) is 23.3. The number of carbonyl (C=O) groups is 1. The smallest absolute Gasteiger partial charge is 0.265 e. The maximum Gasteiger partial charge on any atom is 0.265 e. The van der Waals surface area contributed by atoms with E-state index in [-0.39, 0.29) is 22.8 Å². The van der Waals surface area contributed by atoms with Crippen LogP contribution in [-0.4, -0.2) is 42.4 Å². The maximum atomic E-state index is 13.2. The number of carbonyl (C=O) groups excluding carboxylic acids is 1. The zero-order chi connectivity index (χ0) is 29.5. The molecule has 0 bridgehead atoms. The molecule has 0 saturated heterocycles. The number of ether oxygens (including phenoxy) is 1. The molecule has 2 atom stereocenters. The highest BCUT2D eigenvalue weighted by atomic mass is 32.2. The van der Waals surface area contributed by atoms with Crippen LogP contribution in [0.5, 0.6) is 0 Å². The molecule has 1 aromatic heterocycles. The quantitative estimate of drug-likeness (QED) is 0.240. The predicted octanol–water partition coefficient (Wildman–Crippen LogP) is 3.53. The van der Waals surface area contributed by atoms with Crippen LogP contribution in [0.2, 0.25) is 0 Å². The van der Waals surface area contributed by atoms with Crippen LogP contribution in [0.4, 0.5) is 0 Å². The van der Waals surface area contributed by atoms with Gasteiger partial charge >= 0.3 is 0 Å². The number of amides is 1. The number of benzene rings is 3. The van der Waals surface area contributed by atoms with Gasteiger partial charge in [0, 0.05) is 12.2 Å². The van der Waals surface area contributed by atoms with E-state index in [1.807, 2.05) is 89.5 Å². The number of aromatic nitrogens is 3. The number of hydrogen-bond acceptors (Lipinski definition) is 6. The average Bonchev–Trinajstić information content (AvgIpc) is 3.64. The van der Waals surface area contributed by atoms with Gasteiger partial charge in [0.2, 0.25) is 12.2 Å². The van der Waals surface area contributed by atoms with Gasteiger partial charge in [0.05, 0.1) is 18.0 Å². The van der Waals surface area contributed by atoms with Crippen molar-refractivity contribution in [2.75, 3.05) is 13.7 Å². The molecule has 4 aromatic rings. The third-order valence-electron chi connectivity index (χ3n) is 7.70. The molecule has 0 aliphatic heterocycles. The lowest BCUT2D eigenvalue weighted by molar-refractivity contribution is -0.699. The molecule has 9 nitrogen and oxygen atoms in total. The summed E-state index contributed by atoms with van der Waals surface area (Å²) in [6.45, 7) is 3.24. The number of aryl methyl sites for hydroxylation is 1. The van der Waals surface area contributed by atoms with E-state index in [9.17, 15) is 17.8 Å². The highest BCUT2D eigenvalue weighted by molar-refractivity contribution is 7.85. The molecule has 0 unspecified atom stereocenters. The molecule has 1 fully saturated rings. The van der Waals surface area contributed by atoms with Crippen LogP contribution in [0.25, 0.3) is 0 Å². The van der Waals surface area contributed by atoms with E-state index in [1.54, 1.807) is 19.2 Å². The van der Waals surface area contributed by atoms with Crippen molar-refractivity contribution in [2.45, 2.75) is 49.1 Å². The van der Waals surface area contributed by atoms with Crippen LogP contribution in [0.15, 0.2) is 102 Å². The minimum absolute atomic E-state index is 0.0985. The van der Waals surface area contributed by atoms with Gasteiger partial charge in [-0.1, -0.05) is 78.4 Å². The van der Waals surface area contributed by atoms with E-state index < -0.39 is 15.5 Å². The molecule has 0 spiro atoms. The number of nitrogens with zero attached hydrogens (tertiary/aromatic N) is 3. The largest absolute Gasteiger partial charge is 0.744 e. The van der Waals surface area contributed by atoms with Crippen molar-refractivity contribution in [2.24, 2.45) is 11.7 Å². The molecule has 1 saturated carbocycles. The number of primary amides is 1. The fourth-order valence-corrected chi connectivity index (χ4v) is 6.13. The second-order valence-electron chi connectivity index (χ2n) is 10.3. The van der Waals surface area contributed by atoms with E-state index in [2.05, 4.69) is 5.10 Å². The van der Waals surface area contributed by atoms with E-state index in [4.69, 9.17) is 10.5 Å². The van der Waals surface area contributed by atoms with Crippen molar-refractivity contribution < 1.29 is 27.1 Å². The molecule has 2 N–H and O–H groups in total. The molecular formula is C31H36N4O5S. The molecule has 1 aliphatic carbocycles. The van der Waals surface area contributed by atoms with E-state index in [0.717, 1.165) is 42.5 Å². The summed E-state index contributed by atoms with van der Waals surface area (Å²) in [6, 6.07) is 26.0. The Morgan fingerprint density at radius 1 is 1.02 bits per heavy atom. The van der Waals surface area contributed by atoms with Crippen LogP contribution >= 0.6 is 0 Å². The molecule has 5 rings (SSSR count). The Labute approximate surface area is 241 Å². The molecule has 0 radical (unpaired) electrons. The summed E-state index contributed by atoms with van der Waals surface area (Å²) in [4.78, 5) is 13.0. The van der Waals surface area contributed by atoms with Crippen molar-refractivity contribution in [3.8, 4) is 0 Å². The molecule has 1 amide bonds. The Balaban J connectivity index is 0.000000296. The van der Waals surface area contributed by atoms with Crippen molar-refractivity contribution in [1.82, 2.24) is 9.78 Å². The highest BCUT2D eigenvalue weighted by Gasteiger charge is 2.51. The third-order valence-corrected chi connectivity index (χ3v) is 8.55. The standard InChI is InChI=1S/C24H28N4O2.C7H8O3S/c1-30-15-14-27-17-26-28(18-27)22-13-12-21(16-22)24(23(25)29,19-8-4-2-5-9-19)20-10-6-3-7-11-20;1-6-2-4-7(5-3-6)11(8,9)10/h2-11,17-18,21-22H,12-16H2,1H3,(H-,25,29);2-5H,1H3,(H,8,9,10)/t21-,22+;/m1./s1. The summed E-state index contributed by atoms with van der Waals surface area (Å²) in [5.41, 5.74) is 8.18. The Hall–Kier alpha value is -3.86. The number of nitrogens with two attached hydrogens (primary N) is 1. The van der Waals surface area contributed by atoms with Crippen molar-refractivity contribution in [3.63, 3.8) is 0 Å². The third kappa shape index (κ3) is 6.90. The van der Waals surface area contributed by atoms with Crippen LogP contribution < -0.4 is 10.3 Å². The van der Waals surface area contributed by atoms with Crippen molar-refractivity contribution >= 4 is 16.0 Å². The lowest BCUT2D eigenvalue weighted by Gasteiger charge is -2.37. The SMILES string of the molecule is COCC[n+]1cnn([C@H]2CC[C@@H](C(C(N)=O)(c3ccccc3)c3ccccc3)C2)c1.Cc1ccc(S(=O)(=O)[O-])cc1. The van der Waals surface area contributed by atoms with Gasteiger partial charge in [0.15, 0.2) is 0 Å². The second-order valence-corrected chi connectivity index (χ2v) is 11.7. The van der Waals surface area contributed by atoms with Crippen molar-refractivity contribution in [3.05, 3.63) is 114 Å². The summed E-state index contributed by atoms with van der Waals surface area (Å²) < 4.78 is 40.4. The first-order valence-electron chi connectivity index (χ1n) is 13.5. The van der Waals surface area contributed by atoms with Gasteiger partial charge in [-0.3, -0.25) is 4.79 Å². The number of hydrogen-bond donors (Lipinski definition) is 1. The number of methoxy groups -OCH3 is 1. The van der Waals surface area contributed by atoms with E-state index in [0.29, 0.717) is 6.61 Å². The number of rotatable bonds is 9. The Morgan fingerprint density at radius 3 is 2.12 bits per heavy atom. The molecule has 1 aliphatic rings. The van der Waals surface area contributed by atoms with Gasteiger partial charge < -0.3 is 15.0 Å². The first-order valence-corrected chi connectivity index (χ1v) is 14.9. The lowest BCUT2D eigenvalue weighted by Crippen LogP contribution is -2.47. The Kier molecular flexibility index (Phi) is 9.69. The van der Waals surface area contributed by atoms with Crippen LogP contribution in [-0.2, 0) is 31.6 Å². The van der Waals surface area contributed by atoms with Gasteiger partial charge in [0.1, 0.15) is 21.6 Å². The van der Waals surface area contributed by atoms with Crippen molar-refractivity contribution in [1.29, 1.82) is 0 Å². The Morgan fingerprint density at radius 2 is 1.61 bits per heavy atom. The summed E-state index contributed by atoms with van der Waals surface area (Å²) in [5.74, 6) is -0.192. The molecule has 10 heteroatoms. The first kappa shape index (κ1) is 30.1. The topological polar surface area (TPSA) is 131 Å². The first-order chi connectivity index (χ1) is 19.7. The maximum absolute atomic E-state index is 13.2. The lowest BCUT2D eigenvalue weighted by atomic mass is 9.64. The molecular weight excluding hydrogens is 540 g/mol. The van der Waals surface area contributed by atoms with Gasteiger partial charge in [-0.25, -0.2) is 13.0 Å². The average molecular weight is 577 g/mol. The predicted molar refractivity (Wildman–Crippen MR) is 153 cm³/mol. The molecule has 1 heterocycles. The van der Waals surface area contributed by atoms with Gasteiger partial charge in [-0.15, -0.1) is 4.68 Å². The van der Waals surface area contributed by atoms with E-state index >= 15 is 0 Å². The van der Waals surface area contributed by atoms with E-state index in [1.165, 1.54) is 12.1 Å². The van der Waals surface area contributed by atoms with Gasteiger partial charge in [-0.2, -0.15) is 0 Å². The molecule has 41 heavy (non-hydrogen) atoms. The Bertz CT molecular complexity index is 1480. The summed E-state index contributed by atoms with van der Waals surface area (Å²) in [5, 5.41) is 4.57. The highest BCUT2D eigenvalue weighted by Crippen LogP contribution is 2.49. The molecule has 3 aromatic carbocycles. The minimum atomic E-state index is -4.27. The summed E-state index contributed by atoms with van der Waals surface area (Å²) in [7, 11) is -2.57. The monoisotopic (exact) mass is 576 g/mol. The molecule has 216 valence electrons. The second kappa shape index (κ2) is 13.2. The van der Waals surface area contributed by atoms with Crippen LogP contribution in [0.3, 0.4) is 0 Å².